The fourth-order valence-electron chi connectivity index (χ4n) is 1.79. The van der Waals surface area contributed by atoms with Crippen molar-refractivity contribution in [2.75, 3.05) is 13.1 Å². The van der Waals surface area contributed by atoms with Crippen LogP contribution in [0.15, 0.2) is 18.2 Å². The summed E-state index contributed by atoms with van der Waals surface area (Å²) in [7, 11) is 0. The van der Waals surface area contributed by atoms with Gasteiger partial charge < -0.3 is 11.1 Å². The molecule has 7 heteroatoms. The number of alkyl halides is 2. The van der Waals surface area contributed by atoms with E-state index in [2.05, 4.69) is 5.32 Å². The topological polar surface area (TPSA) is 72.2 Å². The van der Waals surface area contributed by atoms with Gasteiger partial charge >= 0.3 is 0 Å². The molecule has 22 heavy (non-hydrogen) atoms. The second kappa shape index (κ2) is 8.80. The fourth-order valence-corrected chi connectivity index (χ4v) is 1.79. The Kier molecular flexibility index (Phi) is 8.19. The van der Waals surface area contributed by atoms with E-state index in [0.717, 1.165) is 11.1 Å². The van der Waals surface area contributed by atoms with Crippen molar-refractivity contribution in [3.63, 3.8) is 0 Å². The van der Waals surface area contributed by atoms with Crippen LogP contribution in [-0.2, 0) is 4.79 Å². The summed E-state index contributed by atoms with van der Waals surface area (Å²) in [5.74, 6) is -3.87. The first-order chi connectivity index (χ1) is 9.75. The summed E-state index contributed by atoms with van der Waals surface area (Å²) in [5, 5.41) is 2.09. The third-order valence-electron chi connectivity index (χ3n) is 3.12. The summed E-state index contributed by atoms with van der Waals surface area (Å²) in [4.78, 5) is 23.5. The molecule has 0 aromatic heterocycles. The van der Waals surface area contributed by atoms with Gasteiger partial charge in [-0.15, -0.1) is 12.4 Å². The fraction of sp³-hybridized carbons (Fsp3) is 0.467. The molecule has 0 radical (unpaired) electrons. The minimum Gasteiger partial charge on any atom is -0.350 e. The molecule has 1 aromatic carbocycles. The van der Waals surface area contributed by atoms with E-state index < -0.39 is 24.9 Å². The van der Waals surface area contributed by atoms with Crippen LogP contribution in [0, 0.1) is 13.8 Å². The first-order valence-electron chi connectivity index (χ1n) is 6.70. The van der Waals surface area contributed by atoms with Crippen LogP contribution < -0.4 is 11.1 Å². The van der Waals surface area contributed by atoms with Crippen LogP contribution in [0.25, 0.3) is 0 Å². The Balaban J connectivity index is 0.00000441. The quantitative estimate of drug-likeness (QED) is 0.752. The van der Waals surface area contributed by atoms with Gasteiger partial charge in [-0.3, -0.25) is 9.59 Å². The molecule has 0 spiro atoms. The Morgan fingerprint density at radius 1 is 1.23 bits per heavy atom. The zero-order chi connectivity index (χ0) is 16.0. The highest BCUT2D eigenvalue weighted by atomic mass is 35.5. The lowest BCUT2D eigenvalue weighted by Gasteiger charge is -2.14. The van der Waals surface area contributed by atoms with Crippen LogP contribution in [0.2, 0.25) is 0 Å². The highest BCUT2D eigenvalue weighted by Crippen LogP contribution is 2.14. The van der Waals surface area contributed by atoms with E-state index in [1.165, 1.54) is 0 Å². The number of carbonyl (C=O) groups is 2. The van der Waals surface area contributed by atoms with Crippen LogP contribution in [0.1, 0.15) is 34.3 Å². The van der Waals surface area contributed by atoms with Gasteiger partial charge in [0, 0.05) is 18.4 Å². The van der Waals surface area contributed by atoms with Crippen LogP contribution >= 0.6 is 12.4 Å². The van der Waals surface area contributed by atoms with Crippen molar-refractivity contribution in [1.82, 2.24) is 5.32 Å². The van der Waals surface area contributed by atoms with Crippen molar-refractivity contribution in [3.8, 4) is 0 Å². The van der Waals surface area contributed by atoms with Crippen molar-refractivity contribution in [2.45, 2.75) is 32.6 Å². The molecule has 1 aromatic rings. The molecule has 4 nitrogen and oxygen atoms in total. The van der Waals surface area contributed by atoms with E-state index in [-0.39, 0.29) is 31.0 Å². The van der Waals surface area contributed by atoms with E-state index in [0.29, 0.717) is 5.56 Å². The SMILES string of the molecule is Cc1ccc(C)c(C(=O)CCC(=O)NCC(F)(F)CN)c1.Cl. The molecule has 0 bridgehead atoms. The normalized spacial score (nSPS) is 10.8. The number of Topliss-reactive ketones (excluding diaryl/α,β-unsaturated/α-hetero) is 1. The molecule has 0 saturated heterocycles. The lowest BCUT2D eigenvalue weighted by atomic mass is 9.99. The van der Waals surface area contributed by atoms with Crippen molar-refractivity contribution < 1.29 is 18.4 Å². The number of halogens is 3. The molecular weight excluding hydrogens is 314 g/mol. The summed E-state index contributed by atoms with van der Waals surface area (Å²) in [5.41, 5.74) is 7.22. The number of aryl methyl sites for hydroxylation is 2. The number of amides is 1. The Labute approximate surface area is 134 Å². The number of nitrogens with one attached hydrogen (secondary N) is 1. The van der Waals surface area contributed by atoms with Gasteiger partial charge in [-0.2, -0.15) is 0 Å². The summed E-state index contributed by atoms with van der Waals surface area (Å²) in [6.45, 7) is 2.06. The van der Waals surface area contributed by atoms with Crippen LogP contribution in [-0.4, -0.2) is 30.7 Å². The van der Waals surface area contributed by atoms with Gasteiger partial charge in [0.25, 0.3) is 5.92 Å². The highest BCUT2D eigenvalue weighted by Gasteiger charge is 2.27. The van der Waals surface area contributed by atoms with E-state index in [1.54, 1.807) is 6.07 Å². The molecule has 0 unspecified atom stereocenters. The summed E-state index contributed by atoms with van der Waals surface area (Å²) in [6.07, 6.45) is -0.128. The number of carbonyl (C=O) groups excluding carboxylic acids is 2. The molecule has 1 rings (SSSR count). The zero-order valence-corrected chi connectivity index (χ0v) is 13.4. The minimum atomic E-state index is -3.12. The molecule has 0 aliphatic rings. The Morgan fingerprint density at radius 3 is 2.45 bits per heavy atom. The summed E-state index contributed by atoms with van der Waals surface area (Å²) in [6, 6.07) is 5.50. The Hall–Kier alpha value is -1.53. The molecule has 0 atom stereocenters. The minimum absolute atomic E-state index is 0. The standard InChI is InChI=1S/C15H20F2N2O2.ClH/c1-10-3-4-11(2)12(7-10)13(20)5-6-14(21)19-9-15(16,17)8-18;/h3-4,7H,5-6,8-9,18H2,1-2H3,(H,19,21);1H. The second-order valence-corrected chi connectivity index (χ2v) is 5.08. The van der Waals surface area contributed by atoms with E-state index in [1.807, 2.05) is 26.0 Å². The van der Waals surface area contributed by atoms with Gasteiger partial charge in [0.1, 0.15) is 0 Å². The zero-order valence-electron chi connectivity index (χ0n) is 12.6. The summed E-state index contributed by atoms with van der Waals surface area (Å²) < 4.78 is 25.7. The Morgan fingerprint density at radius 2 is 1.86 bits per heavy atom. The smallest absolute Gasteiger partial charge is 0.277 e. The predicted octanol–water partition coefficient (Wildman–Crippen LogP) is 2.40. The van der Waals surface area contributed by atoms with Gasteiger partial charge in [0.2, 0.25) is 5.91 Å². The summed E-state index contributed by atoms with van der Waals surface area (Å²) >= 11 is 0. The van der Waals surface area contributed by atoms with E-state index in [4.69, 9.17) is 5.73 Å². The van der Waals surface area contributed by atoms with Crippen molar-refractivity contribution in [2.24, 2.45) is 5.73 Å². The largest absolute Gasteiger partial charge is 0.350 e. The number of hydrogen-bond donors (Lipinski definition) is 2. The number of benzene rings is 1. The van der Waals surface area contributed by atoms with Gasteiger partial charge in [0.15, 0.2) is 5.78 Å². The lowest BCUT2D eigenvalue weighted by molar-refractivity contribution is -0.122. The number of nitrogens with two attached hydrogens (primary N) is 1. The maximum Gasteiger partial charge on any atom is 0.277 e. The van der Waals surface area contributed by atoms with Gasteiger partial charge in [0.05, 0.1) is 13.1 Å². The average molecular weight is 335 g/mol. The molecule has 0 heterocycles. The third-order valence-corrected chi connectivity index (χ3v) is 3.12. The molecule has 0 aliphatic carbocycles. The molecule has 0 saturated carbocycles. The van der Waals surface area contributed by atoms with Crippen molar-refractivity contribution >= 4 is 24.1 Å². The number of rotatable bonds is 7. The van der Waals surface area contributed by atoms with Gasteiger partial charge in [-0.05, 0) is 25.5 Å². The first kappa shape index (κ1) is 20.5. The van der Waals surface area contributed by atoms with Crippen molar-refractivity contribution in [1.29, 1.82) is 0 Å². The maximum atomic E-state index is 12.9. The van der Waals surface area contributed by atoms with Gasteiger partial charge in [-0.1, -0.05) is 17.7 Å². The molecule has 124 valence electrons. The number of hydrogen-bond acceptors (Lipinski definition) is 3. The van der Waals surface area contributed by atoms with Crippen molar-refractivity contribution in [3.05, 3.63) is 34.9 Å². The number of ketones is 1. The monoisotopic (exact) mass is 334 g/mol. The van der Waals surface area contributed by atoms with Crippen LogP contribution in [0.3, 0.4) is 0 Å². The molecular formula is C15H21ClF2N2O2. The van der Waals surface area contributed by atoms with Gasteiger partial charge in [-0.25, -0.2) is 8.78 Å². The second-order valence-electron chi connectivity index (χ2n) is 5.08. The molecule has 0 aliphatic heterocycles. The van der Waals surface area contributed by atoms with E-state index >= 15 is 0 Å². The highest BCUT2D eigenvalue weighted by molar-refractivity contribution is 5.99. The maximum absolute atomic E-state index is 12.9. The predicted molar refractivity (Wildman–Crippen MR) is 83.7 cm³/mol. The van der Waals surface area contributed by atoms with Crippen LogP contribution in [0.4, 0.5) is 8.78 Å². The Bertz CT molecular complexity index is 536. The molecule has 0 fully saturated rings. The molecule has 1 amide bonds. The third kappa shape index (κ3) is 6.49. The molecule has 3 N–H and O–H groups in total. The first-order valence-corrected chi connectivity index (χ1v) is 6.70. The average Bonchev–Trinajstić information content (AvgIpc) is 2.45. The van der Waals surface area contributed by atoms with Crippen LogP contribution in [0.5, 0.6) is 0 Å². The lowest BCUT2D eigenvalue weighted by Crippen LogP contribution is -2.41. The van der Waals surface area contributed by atoms with E-state index in [9.17, 15) is 18.4 Å².